The Morgan fingerprint density at radius 2 is 1.17 bits per heavy atom. The molecule has 3 heteroatoms. The molecule has 0 aromatic carbocycles. The van der Waals surface area contributed by atoms with Crippen LogP contribution in [-0.2, 0) is 9.53 Å². The van der Waals surface area contributed by atoms with E-state index >= 15 is 0 Å². The highest BCUT2D eigenvalue weighted by molar-refractivity contribution is 5.69. The highest BCUT2D eigenvalue weighted by Gasteiger charge is 2.01. The van der Waals surface area contributed by atoms with E-state index in [0.29, 0.717) is 6.42 Å². The van der Waals surface area contributed by atoms with Crippen molar-refractivity contribution >= 4 is 5.97 Å². The lowest BCUT2D eigenvalue weighted by molar-refractivity contribution is -0.142. The largest absolute Gasteiger partial charge is 0.516 e. The number of hydrogen-bond donors (Lipinski definition) is 1. The zero-order valence-electron chi connectivity index (χ0n) is 15.9. The molecule has 0 aromatic heterocycles. The van der Waals surface area contributed by atoms with E-state index in [-0.39, 0.29) is 12.6 Å². The molecule has 0 unspecified atom stereocenters. The van der Waals surface area contributed by atoms with Crippen LogP contribution >= 0.6 is 0 Å². The minimum absolute atomic E-state index is 0.164. The summed E-state index contributed by atoms with van der Waals surface area (Å²) in [6.45, 7) is 2.45. The molecule has 0 amide bonds. The first-order valence-electron chi connectivity index (χ1n) is 10.3. The first-order valence-corrected chi connectivity index (χ1v) is 10.3. The van der Waals surface area contributed by atoms with Crippen LogP contribution in [0.15, 0.2) is 12.3 Å². The van der Waals surface area contributed by atoms with Crippen LogP contribution in [0.4, 0.5) is 0 Å². The van der Waals surface area contributed by atoms with Gasteiger partial charge in [-0.15, -0.1) is 0 Å². The third-order valence-corrected chi connectivity index (χ3v) is 4.43. The van der Waals surface area contributed by atoms with Crippen LogP contribution in [0.3, 0.4) is 0 Å². The third-order valence-electron chi connectivity index (χ3n) is 4.43. The van der Waals surface area contributed by atoms with Gasteiger partial charge in [-0.05, 0) is 12.5 Å². The normalized spacial score (nSPS) is 11.2. The van der Waals surface area contributed by atoms with Crippen LogP contribution in [-0.4, -0.2) is 17.7 Å². The number of hydrogen-bond acceptors (Lipinski definition) is 3. The number of aliphatic hydroxyl groups is 1. The van der Waals surface area contributed by atoms with Gasteiger partial charge in [0.25, 0.3) is 0 Å². The molecular formula is C21H40O3. The second-order valence-electron chi connectivity index (χ2n) is 6.77. The fourth-order valence-electron chi connectivity index (χ4n) is 2.90. The van der Waals surface area contributed by atoms with Gasteiger partial charge in [-0.1, -0.05) is 96.8 Å². The molecule has 24 heavy (non-hydrogen) atoms. The maximum absolute atomic E-state index is 11.3. The second-order valence-corrected chi connectivity index (χ2v) is 6.77. The van der Waals surface area contributed by atoms with E-state index in [1.807, 2.05) is 0 Å². The minimum Gasteiger partial charge on any atom is -0.516 e. The maximum Gasteiger partial charge on any atom is 0.306 e. The highest BCUT2D eigenvalue weighted by Crippen LogP contribution is 2.13. The van der Waals surface area contributed by atoms with Gasteiger partial charge in [0.05, 0.1) is 6.26 Å². The molecule has 0 aromatic rings. The molecule has 3 nitrogen and oxygen atoms in total. The van der Waals surface area contributed by atoms with Crippen LogP contribution in [0.5, 0.6) is 0 Å². The summed E-state index contributed by atoms with van der Waals surface area (Å²) in [6.07, 6.45) is 22.7. The molecule has 1 N–H and O–H groups in total. The SMILES string of the molecule is CCCCCCCCCCCCCCCCCC(=O)OCC=CO. The molecule has 0 spiro atoms. The molecule has 0 rings (SSSR count). The van der Waals surface area contributed by atoms with Crippen molar-refractivity contribution in [2.45, 2.75) is 110 Å². The molecule has 0 saturated heterocycles. The predicted octanol–water partition coefficient (Wildman–Crippen LogP) is 6.86. The van der Waals surface area contributed by atoms with Gasteiger partial charge in [-0.25, -0.2) is 0 Å². The summed E-state index contributed by atoms with van der Waals surface area (Å²) in [5.41, 5.74) is 0. The Labute approximate surface area is 149 Å². The molecule has 0 aliphatic rings. The maximum atomic E-state index is 11.3. The molecule has 0 atom stereocenters. The van der Waals surface area contributed by atoms with Gasteiger partial charge >= 0.3 is 5.97 Å². The Balaban J connectivity index is 3.08. The van der Waals surface area contributed by atoms with Crippen LogP contribution < -0.4 is 0 Å². The van der Waals surface area contributed by atoms with E-state index in [0.717, 1.165) is 19.1 Å². The quantitative estimate of drug-likeness (QED) is 0.168. The summed E-state index contributed by atoms with van der Waals surface area (Å²) in [4.78, 5) is 11.3. The van der Waals surface area contributed by atoms with Gasteiger partial charge < -0.3 is 9.84 Å². The topological polar surface area (TPSA) is 46.5 Å². The highest BCUT2D eigenvalue weighted by atomic mass is 16.5. The molecule has 142 valence electrons. The van der Waals surface area contributed by atoms with Crippen molar-refractivity contribution in [2.24, 2.45) is 0 Å². The van der Waals surface area contributed by atoms with Crippen LogP contribution in [0.1, 0.15) is 110 Å². The van der Waals surface area contributed by atoms with Crippen molar-refractivity contribution in [3.63, 3.8) is 0 Å². The molecule has 0 fully saturated rings. The average molecular weight is 341 g/mol. The van der Waals surface area contributed by atoms with Crippen molar-refractivity contribution in [2.75, 3.05) is 6.61 Å². The summed E-state index contributed by atoms with van der Waals surface area (Å²) in [6, 6.07) is 0. The second kappa shape index (κ2) is 20.1. The molecular weight excluding hydrogens is 300 g/mol. The van der Waals surface area contributed by atoms with Gasteiger partial charge in [-0.3, -0.25) is 4.79 Å². The van der Waals surface area contributed by atoms with Crippen LogP contribution in [0, 0.1) is 0 Å². The van der Waals surface area contributed by atoms with Gasteiger partial charge in [0, 0.05) is 6.42 Å². The standard InChI is InChI=1S/C21H40O3/c1-2-3-4-5-6-7-8-9-10-11-12-13-14-15-16-18-21(23)24-20-17-19-22/h17,19,22H,2-16,18,20H2,1H3. The molecule has 0 bridgehead atoms. The molecule has 0 aliphatic heterocycles. The number of ether oxygens (including phenoxy) is 1. The summed E-state index contributed by atoms with van der Waals surface area (Å²) in [7, 11) is 0. The number of rotatable bonds is 18. The van der Waals surface area contributed by atoms with E-state index in [9.17, 15) is 4.79 Å². The number of unbranched alkanes of at least 4 members (excludes halogenated alkanes) is 14. The zero-order valence-corrected chi connectivity index (χ0v) is 15.9. The van der Waals surface area contributed by atoms with E-state index in [4.69, 9.17) is 9.84 Å². The smallest absolute Gasteiger partial charge is 0.306 e. The molecule has 0 radical (unpaired) electrons. The fraction of sp³-hybridized carbons (Fsp3) is 0.857. The summed E-state index contributed by atoms with van der Waals surface area (Å²) in [5, 5.41) is 8.42. The number of carbonyl (C=O) groups excluding carboxylic acids is 1. The first kappa shape index (κ1) is 23.0. The lowest BCUT2D eigenvalue weighted by Gasteiger charge is -2.04. The third kappa shape index (κ3) is 19.1. The lowest BCUT2D eigenvalue weighted by atomic mass is 10.0. The van der Waals surface area contributed by atoms with Crippen molar-refractivity contribution in [3.8, 4) is 0 Å². The van der Waals surface area contributed by atoms with Crippen molar-refractivity contribution < 1.29 is 14.6 Å². The van der Waals surface area contributed by atoms with Crippen molar-refractivity contribution in [1.82, 2.24) is 0 Å². The Kier molecular flexibility index (Phi) is 19.2. The van der Waals surface area contributed by atoms with E-state index in [2.05, 4.69) is 6.92 Å². The van der Waals surface area contributed by atoms with E-state index in [1.165, 1.54) is 89.5 Å². The molecule has 0 heterocycles. The van der Waals surface area contributed by atoms with Crippen LogP contribution in [0.2, 0.25) is 0 Å². The van der Waals surface area contributed by atoms with Gasteiger partial charge in [0.1, 0.15) is 6.61 Å². The van der Waals surface area contributed by atoms with E-state index in [1.54, 1.807) is 0 Å². The van der Waals surface area contributed by atoms with Crippen LogP contribution in [0.25, 0.3) is 0 Å². The first-order chi connectivity index (χ1) is 11.8. The average Bonchev–Trinajstić information content (AvgIpc) is 2.58. The summed E-state index contributed by atoms with van der Waals surface area (Å²) < 4.78 is 4.92. The predicted molar refractivity (Wildman–Crippen MR) is 102 cm³/mol. The van der Waals surface area contributed by atoms with Gasteiger partial charge in [0.2, 0.25) is 0 Å². The lowest BCUT2D eigenvalue weighted by Crippen LogP contribution is -2.03. The fourth-order valence-corrected chi connectivity index (χ4v) is 2.90. The Bertz CT molecular complexity index is 287. The Hall–Kier alpha value is -0.990. The van der Waals surface area contributed by atoms with Gasteiger partial charge in [0.15, 0.2) is 0 Å². The Morgan fingerprint density at radius 3 is 1.58 bits per heavy atom. The number of aliphatic hydroxyl groups excluding tert-OH is 1. The summed E-state index contributed by atoms with van der Waals surface area (Å²) >= 11 is 0. The van der Waals surface area contributed by atoms with E-state index < -0.39 is 0 Å². The molecule has 0 aliphatic carbocycles. The summed E-state index contributed by atoms with van der Waals surface area (Å²) in [5.74, 6) is -0.164. The molecule has 0 saturated carbocycles. The minimum atomic E-state index is -0.164. The van der Waals surface area contributed by atoms with Gasteiger partial charge in [-0.2, -0.15) is 0 Å². The van der Waals surface area contributed by atoms with Crippen molar-refractivity contribution in [3.05, 3.63) is 12.3 Å². The zero-order chi connectivity index (χ0) is 17.7. The number of carbonyl (C=O) groups is 1. The monoisotopic (exact) mass is 340 g/mol. The Morgan fingerprint density at radius 1 is 0.750 bits per heavy atom. The number of esters is 1. The van der Waals surface area contributed by atoms with Crippen molar-refractivity contribution in [1.29, 1.82) is 0 Å².